The number of piperidine rings is 1. The number of para-hydroxylation sites is 1. The highest BCUT2D eigenvalue weighted by Gasteiger charge is 2.32. The fraction of sp³-hybridized carbons (Fsp3) is 0.366. The summed E-state index contributed by atoms with van der Waals surface area (Å²) in [6.07, 6.45) is 4.25. The maximum absolute atomic E-state index is 14.1. The number of imide groups is 1. The molecule has 3 aliphatic rings. The predicted molar refractivity (Wildman–Crippen MR) is 209 cm³/mol. The summed E-state index contributed by atoms with van der Waals surface area (Å²) in [6, 6.07) is 21.9. The third-order valence-corrected chi connectivity index (χ3v) is 11.3. The molecule has 7 heterocycles. The predicted octanol–water partition coefficient (Wildman–Crippen LogP) is 4.24. The number of carbonyl (C=O) groups excluding carboxylic acids is 2. The van der Waals surface area contributed by atoms with Gasteiger partial charge in [-0.2, -0.15) is 0 Å². The number of ether oxygens (including phenoxy) is 1. The van der Waals surface area contributed by atoms with Crippen molar-refractivity contribution in [2.75, 3.05) is 55.7 Å². The number of hydrogen-bond acceptors (Lipinski definition) is 10. The molecule has 4 aromatic heterocycles. The Morgan fingerprint density at radius 3 is 2.57 bits per heavy atom. The van der Waals surface area contributed by atoms with Crippen molar-refractivity contribution in [1.29, 1.82) is 0 Å². The Hall–Kier alpha value is -5.93. The van der Waals surface area contributed by atoms with Crippen molar-refractivity contribution in [1.82, 2.24) is 38.9 Å². The highest BCUT2D eigenvalue weighted by Crippen LogP contribution is 2.36. The molecule has 9 rings (SSSR count). The lowest BCUT2D eigenvalue weighted by molar-refractivity contribution is -0.135. The number of benzene rings is 2. The van der Waals surface area contributed by atoms with Gasteiger partial charge in [0.1, 0.15) is 29.2 Å². The number of imidazole rings is 2. The summed E-state index contributed by atoms with van der Waals surface area (Å²) < 4.78 is 25.1. The second kappa shape index (κ2) is 15.0. The van der Waals surface area contributed by atoms with E-state index in [0.29, 0.717) is 25.2 Å². The van der Waals surface area contributed by atoms with Gasteiger partial charge in [-0.1, -0.05) is 30.3 Å². The zero-order valence-corrected chi connectivity index (χ0v) is 31.2. The number of fused-ring (bicyclic) bond motifs is 2. The molecule has 56 heavy (non-hydrogen) atoms. The number of pyridine rings is 1. The summed E-state index contributed by atoms with van der Waals surface area (Å²) in [5, 5.41) is 7.38. The number of nitrogens with one attached hydrogen (secondary N) is 1. The van der Waals surface area contributed by atoms with Crippen LogP contribution in [0.5, 0.6) is 0 Å². The molecule has 15 heteroatoms. The molecule has 2 amide bonds. The van der Waals surface area contributed by atoms with Gasteiger partial charge in [-0.25, -0.2) is 23.7 Å². The summed E-state index contributed by atoms with van der Waals surface area (Å²) in [5.74, 6) is 0.736. The van der Waals surface area contributed by atoms with E-state index in [1.54, 1.807) is 23.7 Å². The van der Waals surface area contributed by atoms with Crippen LogP contribution < -0.4 is 20.8 Å². The lowest BCUT2D eigenvalue weighted by atomic mass is 10.0. The SMILES string of the molecule is Cn1c(=O)n(C2CCC(=O)NC2=O)c2cccc(COCCN3CCN(c4cccc(-c5cnc6ccc(N7CCC[C@@H]7c7cccc(F)c7)nn56)n4)CC3)c21. The third-order valence-electron chi connectivity index (χ3n) is 11.3. The molecule has 1 N–H and O–H groups in total. The molecule has 0 spiro atoms. The molecule has 2 aromatic carbocycles. The van der Waals surface area contributed by atoms with Crippen LogP contribution in [0.1, 0.15) is 48.9 Å². The van der Waals surface area contributed by atoms with Crippen molar-refractivity contribution in [2.45, 2.75) is 44.4 Å². The van der Waals surface area contributed by atoms with Gasteiger partial charge in [0.25, 0.3) is 0 Å². The number of rotatable bonds is 10. The van der Waals surface area contributed by atoms with Gasteiger partial charge in [-0.05, 0) is 67.3 Å². The van der Waals surface area contributed by atoms with Crippen LogP contribution >= 0.6 is 0 Å². The number of halogens is 1. The number of nitrogens with zero attached hydrogens (tertiary/aromatic N) is 9. The molecular weight excluding hydrogens is 716 g/mol. The van der Waals surface area contributed by atoms with Crippen molar-refractivity contribution < 1.29 is 18.7 Å². The number of hydrogen-bond donors (Lipinski definition) is 1. The first-order chi connectivity index (χ1) is 27.3. The van der Waals surface area contributed by atoms with Gasteiger partial charge < -0.3 is 14.5 Å². The summed E-state index contributed by atoms with van der Waals surface area (Å²) in [5.41, 5.74) is 5.25. The number of aromatic nitrogens is 6. The van der Waals surface area contributed by atoms with E-state index in [9.17, 15) is 18.8 Å². The topological polar surface area (TPSA) is 135 Å². The first kappa shape index (κ1) is 35.8. The molecule has 0 radical (unpaired) electrons. The molecule has 2 atom stereocenters. The van der Waals surface area contributed by atoms with Gasteiger partial charge in [0.2, 0.25) is 11.8 Å². The van der Waals surface area contributed by atoms with Gasteiger partial charge in [-0.3, -0.25) is 28.9 Å². The largest absolute Gasteiger partial charge is 0.375 e. The van der Waals surface area contributed by atoms with E-state index in [-0.39, 0.29) is 29.9 Å². The standard InChI is InChI=1S/C41H43FN10O4/c1-47-39-28(7-3-10-32(39)51(41(47)55)33-13-16-38(53)45-40(33)54)26-56-23-22-48-18-20-49(21-19-48)36-12-4-9-30(44-36)34-25-43-35-14-15-37(46-52(34)35)50-17-5-11-31(50)27-6-2-8-29(42)24-27/h2-4,6-10,12,14-15,24-25,31,33H,5,11,13,16-23,26H2,1H3,(H,45,53,54)/t31-,33?/m1/s1. The van der Waals surface area contributed by atoms with E-state index >= 15 is 0 Å². The number of carbonyl (C=O) groups is 2. The van der Waals surface area contributed by atoms with Crippen LogP contribution in [-0.4, -0.2) is 91.3 Å². The molecular formula is C41H43FN10O4. The molecule has 6 aromatic rings. The Morgan fingerprint density at radius 2 is 1.73 bits per heavy atom. The van der Waals surface area contributed by atoms with Crippen LogP contribution in [0.3, 0.4) is 0 Å². The minimum atomic E-state index is -0.726. The third kappa shape index (κ3) is 6.70. The van der Waals surface area contributed by atoms with Crippen LogP contribution in [0.4, 0.5) is 16.0 Å². The van der Waals surface area contributed by atoms with Crippen LogP contribution in [0.2, 0.25) is 0 Å². The van der Waals surface area contributed by atoms with Crippen molar-refractivity contribution >= 4 is 40.1 Å². The summed E-state index contributed by atoms with van der Waals surface area (Å²) in [7, 11) is 1.70. The van der Waals surface area contributed by atoms with Gasteiger partial charge in [0, 0.05) is 58.3 Å². The number of aryl methyl sites for hydroxylation is 1. The Balaban J connectivity index is 0.822. The van der Waals surface area contributed by atoms with E-state index in [4.69, 9.17) is 14.8 Å². The van der Waals surface area contributed by atoms with Crippen LogP contribution in [0.25, 0.3) is 28.1 Å². The Kier molecular flexibility index (Phi) is 9.55. The van der Waals surface area contributed by atoms with Crippen LogP contribution in [0, 0.1) is 5.82 Å². The summed E-state index contributed by atoms with van der Waals surface area (Å²) in [4.78, 5) is 54.2. The highest BCUT2D eigenvalue weighted by molar-refractivity contribution is 6.00. The summed E-state index contributed by atoms with van der Waals surface area (Å²) in [6.45, 7) is 5.81. The fourth-order valence-electron chi connectivity index (χ4n) is 8.48. The maximum atomic E-state index is 14.1. The lowest BCUT2D eigenvalue weighted by Crippen LogP contribution is -2.47. The number of amides is 2. The molecule has 3 fully saturated rings. The second-order valence-electron chi connectivity index (χ2n) is 14.7. The molecule has 14 nitrogen and oxygen atoms in total. The average Bonchev–Trinajstić information content (AvgIpc) is 3.94. The zero-order valence-electron chi connectivity index (χ0n) is 31.2. The molecule has 3 saturated heterocycles. The molecule has 0 saturated carbocycles. The first-order valence-corrected chi connectivity index (χ1v) is 19.2. The normalized spacial score (nSPS) is 19.4. The smallest absolute Gasteiger partial charge is 0.329 e. The van der Waals surface area contributed by atoms with Crippen LogP contribution in [-0.2, 0) is 28.0 Å². The fourth-order valence-corrected chi connectivity index (χ4v) is 8.48. The average molecular weight is 759 g/mol. The van der Waals surface area contributed by atoms with Crippen molar-refractivity contribution in [3.05, 3.63) is 106 Å². The lowest BCUT2D eigenvalue weighted by Gasteiger charge is -2.35. The van der Waals surface area contributed by atoms with E-state index in [0.717, 1.165) is 97.4 Å². The van der Waals surface area contributed by atoms with E-state index < -0.39 is 11.9 Å². The quantitative estimate of drug-likeness (QED) is 0.160. The van der Waals surface area contributed by atoms with Crippen molar-refractivity contribution in [3.63, 3.8) is 0 Å². The van der Waals surface area contributed by atoms with Crippen LogP contribution in [0.15, 0.2) is 83.8 Å². The van der Waals surface area contributed by atoms with Gasteiger partial charge in [-0.15, -0.1) is 5.10 Å². The zero-order chi connectivity index (χ0) is 38.3. The minimum Gasteiger partial charge on any atom is -0.375 e. The minimum absolute atomic E-state index is 0.0627. The first-order valence-electron chi connectivity index (χ1n) is 19.2. The number of piperazine rings is 1. The molecule has 0 bridgehead atoms. The Morgan fingerprint density at radius 1 is 0.893 bits per heavy atom. The molecule has 0 aliphatic carbocycles. The highest BCUT2D eigenvalue weighted by atomic mass is 19.1. The van der Waals surface area contributed by atoms with E-state index in [1.807, 2.05) is 65.3 Å². The van der Waals surface area contributed by atoms with Gasteiger partial charge in [0.05, 0.1) is 42.2 Å². The van der Waals surface area contributed by atoms with E-state index in [1.165, 1.54) is 10.6 Å². The number of anilines is 2. The van der Waals surface area contributed by atoms with Crippen molar-refractivity contribution in [2.24, 2.45) is 7.05 Å². The van der Waals surface area contributed by atoms with Crippen molar-refractivity contribution in [3.8, 4) is 11.4 Å². The maximum Gasteiger partial charge on any atom is 0.329 e. The van der Waals surface area contributed by atoms with E-state index in [2.05, 4.69) is 25.0 Å². The Labute approximate surface area is 322 Å². The molecule has 288 valence electrons. The Bertz CT molecular complexity index is 2500. The summed E-state index contributed by atoms with van der Waals surface area (Å²) >= 11 is 0. The second-order valence-corrected chi connectivity index (χ2v) is 14.7. The molecule has 1 unspecified atom stereocenters. The molecule has 3 aliphatic heterocycles. The van der Waals surface area contributed by atoms with Gasteiger partial charge in [0.15, 0.2) is 5.65 Å². The monoisotopic (exact) mass is 758 g/mol. The van der Waals surface area contributed by atoms with Gasteiger partial charge >= 0.3 is 5.69 Å².